The van der Waals surface area contributed by atoms with Crippen LogP contribution in [0.15, 0.2) is 0 Å². The van der Waals surface area contributed by atoms with Crippen LogP contribution < -0.4 is 0 Å². The van der Waals surface area contributed by atoms with Crippen molar-refractivity contribution in [3.8, 4) is 0 Å². The Morgan fingerprint density at radius 3 is 0.781 bits per heavy atom. The van der Waals surface area contributed by atoms with E-state index in [9.17, 15) is 0 Å². The van der Waals surface area contributed by atoms with E-state index in [-0.39, 0.29) is 0 Å². The Hall–Kier alpha value is 0.620. The molecule has 0 aromatic heterocycles. The highest BCUT2D eigenvalue weighted by atomic mass is 33.1. The summed E-state index contributed by atoms with van der Waals surface area (Å²) in [6.45, 7) is 11.9. The molecule has 0 aliphatic heterocycles. The molecule has 6 atom stereocenters. The van der Waals surface area contributed by atoms with Gasteiger partial charge < -0.3 is 9.80 Å². The second-order valence-electron chi connectivity index (χ2n) is 22.3. The average Bonchev–Trinajstić information content (AvgIpc) is 4.24. The van der Waals surface area contributed by atoms with E-state index in [1.54, 1.807) is 25.7 Å². The van der Waals surface area contributed by atoms with Crippen LogP contribution in [0.3, 0.4) is 0 Å². The van der Waals surface area contributed by atoms with Crippen molar-refractivity contribution in [3.05, 3.63) is 0 Å². The fourth-order valence-corrected chi connectivity index (χ4v) is 13.5. The van der Waals surface area contributed by atoms with E-state index >= 15 is 0 Å². The third kappa shape index (κ3) is 35.7. The number of nitrogens with zero attached hydrogens (tertiary/aromatic N) is 2. The highest BCUT2D eigenvalue weighted by Crippen LogP contribution is 2.46. The molecule has 2 fully saturated rings. The van der Waals surface area contributed by atoms with Crippen LogP contribution in [0.25, 0.3) is 0 Å². The summed E-state index contributed by atoms with van der Waals surface area (Å²) >= 11 is 0. The molecule has 382 valence electrons. The van der Waals surface area contributed by atoms with Crippen molar-refractivity contribution in [3.63, 3.8) is 0 Å². The molecule has 2 nitrogen and oxygen atoms in total. The monoisotopic (exact) mass is 933 g/mol. The van der Waals surface area contributed by atoms with E-state index in [2.05, 4.69) is 73.2 Å². The molecule has 0 aromatic carbocycles. The van der Waals surface area contributed by atoms with Crippen LogP contribution in [0.4, 0.5) is 0 Å². The number of unbranched alkanes of at least 4 members (excludes halogenated alkanes) is 28. The topological polar surface area (TPSA) is 6.48 Å². The Kier molecular flexibility index (Phi) is 42.5. The van der Waals surface area contributed by atoms with Crippen LogP contribution in [0.5, 0.6) is 0 Å². The number of hydrogen-bond donors (Lipinski definition) is 0. The van der Waals surface area contributed by atoms with Crippen LogP contribution in [0, 0.1) is 23.7 Å². The lowest BCUT2D eigenvalue weighted by molar-refractivity contribution is 0.220. The molecule has 64 heavy (non-hydrogen) atoms. The van der Waals surface area contributed by atoms with Gasteiger partial charge in [-0.05, 0) is 76.3 Å². The maximum atomic E-state index is 2.78. The third-order valence-corrected chi connectivity index (χ3v) is 18.8. The highest BCUT2D eigenvalue weighted by molar-refractivity contribution is 8.76. The summed E-state index contributed by atoms with van der Waals surface area (Å²) < 4.78 is 0. The first-order chi connectivity index (χ1) is 31.5. The van der Waals surface area contributed by atoms with E-state index in [1.165, 1.54) is 281 Å². The summed E-state index contributed by atoms with van der Waals surface area (Å²) in [6.07, 6.45) is 64.4. The molecular weight excluding hydrogens is 813 g/mol. The standard InChI is InChI=1S/C60H120N2S2/c1-7-11-15-19-25-33-41-55-53-57(55)43-35-27-23-31-39-47-59(45-37-29-21-17-13-9-3)61(5)49-51-63-64-52-50-62(6)60(46-38-30-22-18-14-10-4)48-40-32-24-28-36-44-58-54-56(58)42-34-26-20-16-12-8-2/h55-60H,7-54H2,1-6H3. The first kappa shape index (κ1) is 60.7. The summed E-state index contributed by atoms with van der Waals surface area (Å²) in [6, 6.07) is 1.59. The zero-order chi connectivity index (χ0) is 46.0. The van der Waals surface area contributed by atoms with E-state index in [1.807, 2.05) is 0 Å². The van der Waals surface area contributed by atoms with Crippen molar-refractivity contribution >= 4 is 21.6 Å². The quantitative estimate of drug-likeness (QED) is 0.0443. The number of rotatable bonds is 53. The molecule has 0 amide bonds. The number of hydrogen-bond acceptors (Lipinski definition) is 4. The van der Waals surface area contributed by atoms with Gasteiger partial charge >= 0.3 is 0 Å². The van der Waals surface area contributed by atoms with E-state index in [4.69, 9.17) is 0 Å². The molecule has 2 aliphatic carbocycles. The van der Waals surface area contributed by atoms with E-state index in [0.717, 1.165) is 35.8 Å². The molecular formula is C60H120N2S2. The smallest absolute Gasteiger partial charge is 0.0165 e. The van der Waals surface area contributed by atoms with Crippen LogP contribution in [-0.4, -0.2) is 60.6 Å². The first-order valence-electron chi connectivity index (χ1n) is 30.2. The molecule has 0 N–H and O–H groups in total. The van der Waals surface area contributed by atoms with E-state index in [0.29, 0.717) is 0 Å². The normalized spacial score (nSPS) is 19.3. The van der Waals surface area contributed by atoms with Crippen LogP contribution in [0.1, 0.15) is 310 Å². The zero-order valence-electron chi connectivity index (χ0n) is 45.1. The minimum absolute atomic E-state index is 0.796. The van der Waals surface area contributed by atoms with Gasteiger partial charge in [-0.1, -0.05) is 293 Å². The lowest BCUT2D eigenvalue weighted by atomic mass is 9.98. The minimum atomic E-state index is 0.796. The molecule has 0 bridgehead atoms. The lowest BCUT2D eigenvalue weighted by Crippen LogP contribution is -2.34. The van der Waals surface area contributed by atoms with Crippen LogP contribution in [0.2, 0.25) is 0 Å². The molecule has 2 rings (SSSR count). The van der Waals surface area contributed by atoms with Gasteiger partial charge in [0.2, 0.25) is 0 Å². The lowest BCUT2D eigenvalue weighted by Gasteiger charge is -2.29. The van der Waals surface area contributed by atoms with Crippen LogP contribution >= 0.6 is 21.6 Å². The van der Waals surface area contributed by atoms with Gasteiger partial charge in [-0.15, -0.1) is 0 Å². The van der Waals surface area contributed by atoms with Gasteiger partial charge in [0.25, 0.3) is 0 Å². The van der Waals surface area contributed by atoms with Crippen molar-refractivity contribution in [2.75, 3.05) is 38.7 Å². The van der Waals surface area contributed by atoms with E-state index < -0.39 is 0 Å². The molecule has 0 aromatic rings. The van der Waals surface area contributed by atoms with Gasteiger partial charge in [-0.25, -0.2) is 0 Å². The summed E-state index contributed by atoms with van der Waals surface area (Å²) in [5, 5.41) is 0. The predicted molar refractivity (Wildman–Crippen MR) is 298 cm³/mol. The summed E-state index contributed by atoms with van der Waals surface area (Å²) in [7, 11) is 9.25. The third-order valence-electron chi connectivity index (χ3n) is 16.4. The Labute approximate surface area is 413 Å². The highest BCUT2D eigenvalue weighted by Gasteiger charge is 2.35. The predicted octanol–water partition coefficient (Wildman–Crippen LogP) is 20.7. The molecule has 6 unspecified atom stereocenters. The molecule has 0 spiro atoms. The maximum Gasteiger partial charge on any atom is 0.0165 e. The Balaban J connectivity index is 1.59. The van der Waals surface area contributed by atoms with Crippen molar-refractivity contribution in [2.45, 2.75) is 322 Å². The van der Waals surface area contributed by atoms with Gasteiger partial charge in [0.1, 0.15) is 0 Å². The second-order valence-corrected chi connectivity index (χ2v) is 25.0. The van der Waals surface area contributed by atoms with Gasteiger partial charge in [0.05, 0.1) is 0 Å². The Morgan fingerprint density at radius 1 is 0.312 bits per heavy atom. The Morgan fingerprint density at radius 2 is 0.531 bits per heavy atom. The van der Waals surface area contributed by atoms with Crippen LogP contribution in [-0.2, 0) is 0 Å². The fourth-order valence-electron chi connectivity index (χ4n) is 11.4. The maximum absolute atomic E-state index is 2.78. The summed E-state index contributed by atoms with van der Waals surface area (Å²) in [5.41, 5.74) is 0. The van der Waals surface area contributed by atoms with Gasteiger partial charge in [0.15, 0.2) is 0 Å². The van der Waals surface area contributed by atoms with Crippen molar-refractivity contribution in [1.82, 2.24) is 9.80 Å². The van der Waals surface area contributed by atoms with Crippen molar-refractivity contribution in [1.29, 1.82) is 0 Å². The van der Waals surface area contributed by atoms with Crippen molar-refractivity contribution < 1.29 is 0 Å². The minimum Gasteiger partial charge on any atom is -0.303 e. The molecule has 0 saturated heterocycles. The fraction of sp³-hybridized carbons (Fsp3) is 1.00. The van der Waals surface area contributed by atoms with Gasteiger partial charge in [-0.2, -0.15) is 0 Å². The first-order valence-corrected chi connectivity index (χ1v) is 32.7. The summed E-state index contributed by atoms with van der Waals surface area (Å²) in [4.78, 5) is 5.55. The molecule has 2 aliphatic rings. The molecule has 0 heterocycles. The zero-order valence-corrected chi connectivity index (χ0v) is 46.7. The van der Waals surface area contributed by atoms with Gasteiger partial charge in [-0.3, -0.25) is 0 Å². The summed E-state index contributed by atoms with van der Waals surface area (Å²) in [5.74, 6) is 6.99. The molecule has 4 heteroatoms. The SMILES string of the molecule is CCCCCCCCC1CC1CCCCCCCC(CCCCCCCC)N(C)CCSSCCN(C)C(CCCCCCCC)CCCCCCCC1CC1CCCCCCCC. The van der Waals surface area contributed by atoms with Crippen molar-refractivity contribution in [2.24, 2.45) is 23.7 Å². The van der Waals surface area contributed by atoms with Gasteiger partial charge in [0, 0.05) is 36.7 Å². The molecule has 2 saturated carbocycles. The Bertz CT molecular complexity index is 871. The second kappa shape index (κ2) is 44.8. The largest absolute Gasteiger partial charge is 0.303 e. The molecule has 0 radical (unpaired) electrons. The average molecular weight is 934 g/mol.